The topological polar surface area (TPSA) is 68.2 Å². The van der Waals surface area contributed by atoms with E-state index in [0.29, 0.717) is 12.4 Å². The first-order chi connectivity index (χ1) is 13.4. The van der Waals surface area contributed by atoms with Crippen LogP contribution in [0.4, 0.5) is 5.69 Å². The minimum atomic E-state index is -0.487. The maximum absolute atomic E-state index is 13.3. The number of rotatable bonds is 4. The van der Waals surface area contributed by atoms with Gasteiger partial charge in [-0.2, -0.15) is 0 Å². The normalized spacial score (nSPS) is 20.5. The number of pyridine rings is 1. The van der Waals surface area contributed by atoms with Crippen LogP contribution >= 0.6 is 0 Å². The first-order valence-corrected chi connectivity index (χ1v) is 9.55. The van der Waals surface area contributed by atoms with E-state index in [1.807, 2.05) is 46.2 Å². The number of fused-ring (bicyclic) bond motifs is 1. The number of aryl methyl sites for hydroxylation is 1. The van der Waals surface area contributed by atoms with E-state index in [1.165, 1.54) is 0 Å². The van der Waals surface area contributed by atoms with Crippen molar-refractivity contribution >= 4 is 17.2 Å². The van der Waals surface area contributed by atoms with Crippen LogP contribution in [0.5, 0.6) is 5.75 Å². The molecule has 1 aliphatic carbocycles. The Kier molecular flexibility index (Phi) is 4.49. The van der Waals surface area contributed by atoms with Gasteiger partial charge in [-0.15, -0.1) is 0 Å². The number of nitrogens with zero attached hydrogens (tertiary/aromatic N) is 4. The smallest absolute Gasteiger partial charge is 0.237 e. The molecule has 4 rings (SSSR count). The quantitative estimate of drug-likeness (QED) is 0.808. The van der Waals surface area contributed by atoms with Gasteiger partial charge in [0.05, 0.1) is 30.1 Å². The molecule has 1 aliphatic heterocycles. The molecule has 0 spiro atoms. The van der Waals surface area contributed by atoms with Gasteiger partial charge < -0.3 is 4.74 Å². The highest BCUT2D eigenvalue weighted by molar-refractivity contribution is 6.05. The number of carbonyl (C=O) groups excluding carboxylic acids is 1. The van der Waals surface area contributed by atoms with Crippen molar-refractivity contribution in [2.24, 2.45) is 11.3 Å². The van der Waals surface area contributed by atoms with Crippen LogP contribution in [0.2, 0.25) is 0 Å². The van der Waals surface area contributed by atoms with Crippen molar-refractivity contribution in [1.29, 1.82) is 0 Å². The van der Waals surface area contributed by atoms with Crippen LogP contribution in [0.3, 0.4) is 0 Å². The Balaban J connectivity index is 1.77. The third kappa shape index (κ3) is 2.99. The molecule has 28 heavy (non-hydrogen) atoms. The standard InChI is InChI=1S/C22H24N4O2/c1-5-28-18-9-17(12-23-13-18)26-20-8-15(16-10-24-14(2)25-11-16)6-7-19(20)22(3,4)21(26)27/h6,8-13,19H,5,7H2,1-4H3. The summed E-state index contributed by atoms with van der Waals surface area (Å²) in [6.07, 6.45) is 12.1. The highest BCUT2D eigenvalue weighted by Gasteiger charge is 2.51. The predicted octanol–water partition coefficient (Wildman–Crippen LogP) is 3.94. The molecule has 1 amide bonds. The summed E-state index contributed by atoms with van der Waals surface area (Å²) in [4.78, 5) is 28.0. The monoisotopic (exact) mass is 376 g/mol. The van der Waals surface area contributed by atoms with Gasteiger partial charge in [0.25, 0.3) is 0 Å². The zero-order valence-corrected chi connectivity index (χ0v) is 16.6. The number of allylic oxidation sites excluding steroid dienone is 4. The summed E-state index contributed by atoms with van der Waals surface area (Å²) < 4.78 is 5.58. The molecule has 0 saturated carbocycles. The second-order valence-corrected chi connectivity index (χ2v) is 7.71. The van der Waals surface area contributed by atoms with E-state index in [9.17, 15) is 4.79 Å². The Morgan fingerprint density at radius 2 is 1.96 bits per heavy atom. The van der Waals surface area contributed by atoms with Crippen molar-refractivity contribution in [1.82, 2.24) is 15.0 Å². The second-order valence-electron chi connectivity index (χ2n) is 7.71. The van der Waals surface area contributed by atoms with Gasteiger partial charge in [0.2, 0.25) is 5.91 Å². The van der Waals surface area contributed by atoms with Crippen molar-refractivity contribution < 1.29 is 9.53 Å². The molecule has 1 saturated heterocycles. The van der Waals surface area contributed by atoms with Crippen LogP contribution in [0.25, 0.3) is 5.57 Å². The Bertz CT molecular complexity index is 976. The fraction of sp³-hybridized carbons (Fsp3) is 0.364. The second kappa shape index (κ2) is 6.86. The SMILES string of the molecule is CCOc1cncc(N2C(=O)C(C)(C)C3CC=C(c4cnc(C)nc4)C=C32)c1. The molecule has 3 heterocycles. The molecule has 6 nitrogen and oxygen atoms in total. The summed E-state index contributed by atoms with van der Waals surface area (Å²) in [6, 6.07) is 1.88. The molecule has 0 radical (unpaired) electrons. The lowest BCUT2D eigenvalue weighted by Crippen LogP contribution is -2.31. The van der Waals surface area contributed by atoms with Crippen LogP contribution in [-0.2, 0) is 4.79 Å². The number of ether oxygens (including phenoxy) is 1. The molecule has 2 aliphatic rings. The molecular formula is C22H24N4O2. The Morgan fingerprint density at radius 3 is 2.68 bits per heavy atom. The van der Waals surface area contributed by atoms with E-state index in [1.54, 1.807) is 17.3 Å². The average Bonchev–Trinajstić information content (AvgIpc) is 2.88. The third-order valence-electron chi connectivity index (χ3n) is 5.50. The summed E-state index contributed by atoms with van der Waals surface area (Å²) in [7, 11) is 0. The van der Waals surface area contributed by atoms with Crippen LogP contribution in [0.15, 0.2) is 48.7 Å². The van der Waals surface area contributed by atoms with Gasteiger partial charge in [0.1, 0.15) is 11.6 Å². The maximum Gasteiger partial charge on any atom is 0.237 e. The van der Waals surface area contributed by atoms with E-state index in [4.69, 9.17) is 4.74 Å². The van der Waals surface area contributed by atoms with Crippen molar-refractivity contribution in [2.45, 2.75) is 34.1 Å². The minimum absolute atomic E-state index is 0.0778. The number of hydrogen-bond acceptors (Lipinski definition) is 5. The molecule has 0 N–H and O–H groups in total. The zero-order valence-electron chi connectivity index (χ0n) is 16.6. The number of carbonyl (C=O) groups is 1. The van der Waals surface area contributed by atoms with Gasteiger partial charge in [0.15, 0.2) is 0 Å². The number of hydrogen-bond donors (Lipinski definition) is 0. The van der Waals surface area contributed by atoms with Gasteiger partial charge >= 0.3 is 0 Å². The molecule has 2 aromatic heterocycles. The lowest BCUT2D eigenvalue weighted by atomic mass is 9.75. The predicted molar refractivity (Wildman–Crippen MR) is 108 cm³/mol. The van der Waals surface area contributed by atoms with Crippen molar-refractivity contribution in [3.8, 4) is 5.75 Å². The Hall–Kier alpha value is -3.02. The molecule has 6 heteroatoms. The van der Waals surface area contributed by atoms with Crippen molar-refractivity contribution in [3.63, 3.8) is 0 Å². The summed E-state index contributed by atoms with van der Waals surface area (Å²) in [5.74, 6) is 1.59. The van der Waals surface area contributed by atoms with E-state index < -0.39 is 5.41 Å². The summed E-state index contributed by atoms with van der Waals surface area (Å²) in [5, 5.41) is 0. The molecule has 1 unspecified atom stereocenters. The average molecular weight is 376 g/mol. The van der Waals surface area contributed by atoms with Crippen molar-refractivity contribution in [3.05, 3.63) is 60.1 Å². The van der Waals surface area contributed by atoms with Crippen LogP contribution in [0.1, 0.15) is 38.6 Å². The molecule has 1 fully saturated rings. The lowest BCUT2D eigenvalue weighted by Gasteiger charge is -2.26. The lowest BCUT2D eigenvalue weighted by molar-refractivity contribution is -0.125. The first kappa shape index (κ1) is 18.3. The van der Waals surface area contributed by atoms with E-state index >= 15 is 0 Å². The van der Waals surface area contributed by atoms with Gasteiger partial charge in [-0.3, -0.25) is 14.7 Å². The van der Waals surface area contributed by atoms with Gasteiger partial charge in [-0.25, -0.2) is 9.97 Å². The fourth-order valence-electron chi connectivity index (χ4n) is 3.91. The largest absolute Gasteiger partial charge is 0.492 e. The zero-order chi connectivity index (χ0) is 19.9. The van der Waals surface area contributed by atoms with E-state index in [-0.39, 0.29) is 11.8 Å². The number of aromatic nitrogens is 3. The summed E-state index contributed by atoms with van der Waals surface area (Å²) in [5.41, 5.74) is 3.23. The maximum atomic E-state index is 13.3. The summed E-state index contributed by atoms with van der Waals surface area (Å²) >= 11 is 0. The van der Waals surface area contributed by atoms with E-state index in [2.05, 4.69) is 27.1 Å². The van der Waals surface area contributed by atoms with E-state index in [0.717, 1.165) is 34.8 Å². The molecular weight excluding hydrogens is 352 g/mol. The number of amides is 1. The molecule has 2 aromatic rings. The molecule has 0 bridgehead atoms. The fourth-order valence-corrected chi connectivity index (χ4v) is 3.91. The van der Waals surface area contributed by atoms with Crippen LogP contribution < -0.4 is 9.64 Å². The van der Waals surface area contributed by atoms with Crippen molar-refractivity contribution in [2.75, 3.05) is 11.5 Å². The van der Waals surface area contributed by atoms with Gasteiger partial charge in [-0.05, 0) is 31.9 Å². The first-order valence-electron chi connectivity index (χ1n) is 9.55. The van der Waals surface area contributed by atoms with Gasteiger partial charge in [0, 0.05) is 35.6 Å². The van der Waals surface area contributed by atoms with Crippen LogP contribution in [-0.4, -0.2) is 27.5 Å². The summed E-state index contributed by atoms with van der Waals surface area (Å²) in [6.45, 7) is 8.38. The minimum Gasteiger partial charge on any atom is -0.492 e. The molecule has 1 atom stereocenters. The Labute approximate surface area is 165 Å². The van der Waals surface area contributed by atoms with Gasteiger partial charge in [-0.1, -0.05) is 19.9 Å². The third-order valence-corrected chi connectivity index (χ3v) is 5.50. The number of anilines is 1. The highest BCUT2D eigenvalue weighted by Crippen LogP contribution is 2.50. The Morgan fingerprint density at radius 1 is 1.21 bits per heavy atom. The molecule has 0 aromatic carbocycles. The van der Waals surface area contributed by atoms with Crippen LogP contribution in [0, 0.1) is 18.3 Å². The highest BCUT2D eigenvalue weighted by atomic mass is 16.5. The molecule has 144 valence electrons.